The molecule has 0 aliphatic rings. The van der Waals surface area contributed by atoms with Gasteiger partial charge in [-0.2, -0.15) is 4.99 Å². The van der Waals surface area contributed by atoms with Crippen LogP contribution in [-0.4, -0.2) is 19.4 Å². The summed E-state index contributed by atoms with van der Waals surface area (Å²) < 4.78 is 10.3. The number of ether oxygens (including phenoxy) is 2. The van der Waals surface area contributed by atoms with Crippen LogP contribution in [0.3, 0.4) is 0 Å². The average molecular weight is 470 g/mol. The van der Waals surface area contributed by atoms with Gasteiger partial charge >= 0.3 is 0 Å². The van der Waals surface area contributed by atoms with E-state index in [1.807, 2.05) is 48.5 Å². The fraction of sp³-hybridized carbons (Fsp3) is 0.107. The average Bonchev–Trinajstić information content (AvgIpc) is 2.88. The summed E-state index contributed by atoms with van der Waals surface area (Å²) in [5.74, 6) is 1.63. The Balaban J connectivity index is 1.98. The van der Waals surface area contributed by atoms with E-state index in [1.54, 1.807) is 26.0 Å². The van der Waals surface area contributed by atoms with Crippen LogP contribution in [0, 0.1) is 0 Å². The molecule has 164 valence electrons. The van der Waals surface area contributed by atoms with Gasteiger partial charge in [0.1, 0.15) is 11.5 Å². The Labute approximate surface area is 204 Å². The number of nitrogens with zero attached hydrogens (tertiary/aromatic N) is 1. The maximum absolute atomic E-state index is 5.43. The van der Waals surface area contributed by atoms with Crippen molar-refractivity contribution >= 4 is 34.8 Å². The number of aliphatic imine (C=N–C) groups is 1. The predicted molar refractivity (Wildman–Crippen MR) is 139 cm³/mol. The van der Waals surface area contributed by atoms with Crippen LogP contribution in [0.25, 0.3) is 0 Å². The Hall–Kier alpha value is -3.37. The molecule has 0 atom stereocenters. The maximum Gasteiger partial charge on any atom is 0.118 e. The lowest BCUT2D eigenvalue weighted by molar-refractivity contribution is 0.414. The molecule has 0 saturated carbocycles. The second kappa shape index (κ2) is 10.5. The third-order valence-corrected chi connectivity index (χ3v) is 7.03. The normalized spacial score (nSPS) is 10.8. The molecule has 0 spiro atoms. The number of methoxy groups -OCH3 is 2. The largest absolute Gasteiger partial charge is 0.497 e. The summed E-state index contributed by atoms with van der Waals surface area (Å²) in [6.07, 6.45) is 0. The van der Waals surface area contributed by atoms with Crippen molar-refractivity contribution in [3.05, 3.63) is 120 Å². The highest BCUT2D eigenvalue weighted by Crippen LogP contribution is 2.52. The number of hydrogen-bond acceptors (Lipinski definition) is 5. The van der Waals surface area contributed by atoms with Gasteiger partial charge in [0.15, 0.2) is 0 Å². The lowest BCUT2D eigenvalue weighted by atomic mass is 9.84. The molecule has 4 rings (SSSR count). The van der Waals surface area contributed by atoms with Crippen LogP contribution in [0.2, 0.25) is 0 Å². The van der Waals surface area contributed by atoms with Gasteiger partial charge in [-0.25, -0.2) is 0 Å². The fourth-order valence-electron chi connectivity index (χ4n) is 3.85. The van der Waals surface area contributed by atoms with E-state index in [9.17, 15) is 0 Å². The van der Waals surface area contributed by atoms with Crippen molar-refractivity contribution in [2.75, 3.05) is 14.2 Å². The first-order valence-electron chi connectivity index (χ1n) is 10.4. The lowest BCUT2D eigenvalue weighted by Crippen LogP contribution is -2.25. The quantitative estimate of drug-likeness (QED) is 0.116. The minimum absolute atomic E-state index is 0.528. The van der Waals surface area contributed by atoms with Crippen molar-refractivity contribution in [1.82, 2.24) is 0 Å². The van der Waals surface area contributed by atoms with Gasteiger partial charge < -0.3 is 9.47 Å². The van der Waals surface area contributed by atoms with E-state index < -0.39 is 4.75 Å². The van der Waals surface area contributed by atoms with Crippen LogP contribution in [0.5, 0.6) is 11.5 Å². The van der Waals surface area contributed by atoms with Gasteiger partial charge in [-0.1, -0.05) is 60.7 Å². The van der Waals surface area contributed by atoms with Gasteiger partial charge in [-0.3, -0.25) is 0 Å². The molecule has 4 aromatic carbocycles. The van der Waals surface area contributed by atoms with Crippen LogP contribution >= 0.6 is 24.0 Å². The second-order valence-electron chi connectivity index (χ2n) is 7.31. The van der Waals surface area contributed by atoms with Crippen LogP contribution in [-0.2, 0) is 4.75 Å². The van der Waals surface area contributed by atoms with Crippen molar-refractivity contribution in [2.24, 2.45) is 4.99 Å². The van der Waals surface area contributed by atoms with Crippen molar-refractivity contribution in [3.8, 4) is 11.5 Å². The summed E-state index contributed by atoms with van der Waals surface area (Å²) in [5, 5.41) is 2.47. The number of benzene rings is 4. The molecule has 0 aromatic heterocycles. The number of hydrogen-bond donors (Lipinski definition) is 0. The molecular weight excluding hydrogens is 446 g/mol. The monoisotopic (exact) mass is 469 g/mol. The van der Waals surface area contributed by atoms with Gasteiger partial charge in [-0.15, -0.1) is 11.8 Å². The molecule has 5 heteroatoms. The molecule has 4 aromatic rings. The summed E-state index contributed by atoms with van der Waals surface area (Å²) in [5.41, 5.74) is 4.21. The van der Waals surface area contributed by atoms with E-state index in [-0.39, 0.29) is 0 Å². The molecule has 3 nitrogen and oxygen atoms in total. The molecule has 0 aliphatic heterocycles. The van der Waals surface area contributed by atoms with Crippen molar-refractivity contribution in [1.29, 1.82) is 0 Å². The molecule has 0 N–H and O–H groups in total. The van der Waals surface area contributed by atoms with Crippen LogP contribution < -0.4 is 9.47 Å². The first kappa shape index (κ1) is 22.8. The van der Waals surface area contributed by atoms with Crippen LogP contribution in [0.15, 0.2) is 113 Å². The highest BCUT2D eigenvalue weighted by Gasteiger charge is 2.38. The summed E-state index contributed by atoms with van der Waals surface area (Å²) in [4.78, 5) is 5.25. The molecule has 0 aliphatic carbocycles. The summed E-state index contributed by atoms with van der Waals surface area (Å²) in [7, 11) is 3.36. The Morgan fingerprint density at radius 1 is 0.697 bits per heavy atom. The minimum atomic E-state index is -0.528. The molecule has 0 heterocycles. The Kier molecular flexibility index (Phi) is 7.26. The van der Waals surface area contributed by atoms with Gasteiger partial charge in [0.05, 0.1) is 29.8 Å². The zero-order chi connectivity index (χ0) is 23.1. The summed E-state index contributed by atoms with van der Waals surface area (Å²) in [6.45, 7) is 0. The van der Waals surface area contributed by atoms with E-state index in [0.29, 0.717) is 0 Å². The van der Waals surface area contributed by atoms with Gasteiger partial charge in [0, 0.05) is 4.90 Å². The lowest BCUT2D eigenvalue weighted by Gasteiger charge is -2.35. The molecule has 0 radical (unpaired) electrons. The molecular formula is C28H23NO2S2. The highest BCUT2D eigenvalue weighted by atomic mass is 32.2. The van der Waals surface area contributed by atoms with E-state index in [4.69, 9.17) is 21.7 Å². The Morgan fingerprint density at radius 2 is 1.24 bits per heavy atom. The Morgan fingerprint density at radius 3 is 1.76 bits per heavy atom. The van der Waals surface area contributed by atoms with Crippen molar-refractivity contribution < 1.29 is 9.47 Å². The zero-order valence-electron chi connectivity index (χ0n) is 18.4. The Bertz CT molecular complexity index is 1200. The van der Waals surface area contributed by atoms with Crippen LogP contribution in [0.4, 0.5) is 5.69 Å². The van der Waals surface area contributed by atoms with E-state index in [0.717, 1.165) is 38.8 Å². The zero-order valence-corrected chi connectivity index (χ0v) is 20.0. The van der Waals surface area contributed by atoms with E-state index in [2.05, 4.69) is 64.8 Å². The smallest absolute Gasteiger partial charge is 0.118 e. The standard InChI is InChI=1S/C28H23NO2S2/c1-30-25-15-11-22(12-16-25)28(21-7-4-3-5-8-21,23-13-17-26(31-2)18-14-23)33-27-10-6-9-24(19-27)29-20-32/h3-19H,1-2H3. The molecule has 0 unspecified atom stereocenters. The first-order chi connectivity index (χ1) is 16.2. The van der Waals surface area contributed by atoms with E-state index in [1.165, 1.54) is 0 Å². The number of rotatable bonds is 8. The van der Waals surface area contributed by atoms with Gasteiger partial charge in [0.2, 0.25) is 0 Å². The summed E-state index contributed by atoms with van der Waals surface area (Å²) in [6, 6.07) is 35.1. The SMILES string of the molecule is COc1ccc(C(Sc2cccc(N=C=S)c2)(c2ccccc2)c2ccc(OC)cc2)cc1. The minimum Gasteiger partial charge on any atom is -0.497 e. The van der Waals surface area contributed by atoms with Crippen LogP contribution in [0.1, 0.15) is 16.7 Å². The van der Waals surface area contributed by atoms with Gasteiger partial charge in [0.25, 0.3) is 0 Å². The molecule has 0 bridgehead atoms. The number of thioether (sulfide) groups is 1. The fourth-order valence-corrected chi connectivity index (χ4v) is 5.39. The van der Waals surface area contributed by atoms with Gasteiger partial charge in [-0.05, 0) is 71.4 Å². The molecule has 33 heavy (non-hydrogen) atoms. The third kappa shape index (κ3) is 4.86. The van der Waals surface area contributed by atoms with Crippen molar-refractivity contribution in [3.63, 3.8) is 0 Å². The maximum atomic E-state index is 5.43. The van der Waals surface area contributed by atoms with E-state index >= 15 is 0 Å². The topological polar surface area (TPSA) is 30.8 Å². The first-order valence-corrected chi connectivity index (χ1v) is 11.6. The molecule has 0 amide bonds. The highest BCUT2D eigenvalue weighted by molar-refractivity contribution is 8.00. The number of isothiocyanates is 1. The summed E-state index contributed by atoms with van der Waals surface area (Å²) >= 11 is 6.58. The molecule has 0 fully saturated rings. The molecule has 0 saturated heterocycles. The predicted octanol–water partition coefficient (Wildman–Crippen LogP) is 7.52. The third-order valence-electron chi connectivity index (χ3n) is 5.44. The second-order valence-corrected chi connectivity index (χ2v) is 8.78. The van der Waals surface area contributed by atoms with Crippen molar-refractivity contribution in [2.45, 2.75) is 9.64 Å². The number of thiocarbonyl (C=S) groups is 1.